The van der Waals surface area contributed by atoms with Crippen molar-refractivity contribution in [2.24, 2.45) is 5.73 Å². The number of benzene rings is 2. The second kappa shape index (κ2) is 8.85. The van der Waals surface area contributed by atoms with Gasteiger partial charge < -0.3 is 10.5 Å². The van der Waals surface area contributed by atoms with E-state index in [1.165, 1.54) is 0 Å². The first kappa shape index (κ1) is 19.4. The number of hydrogen-bond donors (Lipinski definition) is 1. The molecule has 1 atom stereocenters. The summed E-state index contributed by atoms with van der Waals surface area (Å²) in [5.41, 5.74) is 9.46. The molecule has 0 radical (unpaired) electrons. The highest BCUT2D eigenvalue weighted by atomic mass is 35.5. The molecule has 0 amide bonds. The molecule has 0 aliphatic rings. The summed E-state index contributed by atoms with van der Waals surface area (Å²) in [4.78, 5) is 0. The van der Waals surface area contributed by atoms with Crippen LogP contribution in [0.15, 0.2) is 42.5 Å². The average Bonchev–Trinajstić information content (AvgIpc) is 2.46. The van der Waals surface area contributed by atoms with E-state index in [0.717, 1.165) is 28.0 Å². The third-order valence-electron chi connectivity index (χ3n) is 3.57. The Bertz CT molecular complexity index is 597. The van der Waals surface area contributed by atoms with Crippen molar-refractivity contribution in [2.75, 3.05) is 0 Å². The van der Waals surface area contributed by atoms with E-state index in [9.17, 15) is 8.78 Å². The number of alkyl halides is 2. The summed E-state index contributed by atoms with van der Waals surface area (Å²) < 4.78 is 30.8. The molecule has 2 aromatic rings. The van der Waals surface area contributed by atoms with Crippen LogP contribution < -0.4 is 10.5 Å². The van der Waals surface area contributed by atoms with Crippen molar-refractivity contribution < 1.29 is 13.5 Å². The molecule has 0 saturated heterocycles. The van der Waals surface area contributed by atoms with Crippen LogP contribution in [-0.2, 0) is 6.61 Å². The molecule has 0 aliphatic heterocycles. The van der Waals surface area contributed by atoms with Crippen LogP contribution in [0.3, 0.4) is 0 Å². The predicted octanol–water partition coefficient (Wildman–Crippen LogP) is 4.96. The van der Waals surface area contributed by atoms with Gasteiger partial charge in [0.1, 0.15) is 12.4 Å². The van der Waals surface area contributed by atoms with E-state index >= 15 is 0 Å². The lowest BCUT2D eigenvalue weighted by Gasteiger charge is -2.17. The van der Waals surface area contributed by atoms with Gasteiger partial charge in [0.05, 0.1) is 0 Å². The first-order chi connectivity index (χ1) is 10.5. The number of hydrogen-bond acceptors (Lipinski definition) is 2. The number of rotatable bonds is 6. The summed E-state index contributed by atoms with van der Waals surface area (Å²) in [6.07, 6.45) is -2.73. The van der Waals surface area contributed by atoms with E-state index in [1.54, 1.807) is 0 Å². The van der Waals surface area contributed by atoms with Crippen molar-refractivity contribution in [3.8, 4) is 5.75 Å². The lowest BCUT2D eigenvalue weighted by molar-refractivity contribution is 0.128. The number of aryl methyl sites for hydroxylation is 2. The van der Waals surface area contributed by atoms with Crippen LogP contribution in [0, 0.1) is 13.8 Å². The molecule has 0 fully saturated rings. The fourth-order valence-corrected chi connectivity index (χ4v) is 2.48. The molecule has 2 aromatic carbocycles. The van der Waals surface area contributed by atoms with Gasteiger partial charge in [0, 0.05) is 12.5 Å². The summed E-state index contributed by atoms with van der Waals surface area (Å²) in [5.74, 6) is 0.789. The SMILES string of the molecule is Cc1cc([C@H](N)CC(F)F)cc(C)c1OCc1ccccc1.Cl. The zero-order valence-electron chi connectivity index (χ0n) is 13.3. The van der Waals surface area contributed by atoms with E-state index < -0.39 is 12.5 Å². The van der Waals surface area contributed by atoms with Crippen LogP contribution >= 0.6 is 12.4 Å². The van der Waals surface area contributed by atoms with Gasteiger partial charge in [-0.2, -0.15) is 0 Å². The third kappa shape index (κ3) is 5.48. The highest BCUT2D eigenvalue weighted by molar-refractivity contribution is 5.85. The molecule has 2 rings (SSSR count). The van der Waals surface area contributed by atoms with E-state index in [0.29, 0.717) is 6.61 Å². The molecular weight excluding hydrogens is 320 g/mol. The average molecular weight is 342 g/mol. The fourth-order valence-electron chi connectivity index (χ4n) is 2.48. The number of nitrogens with two attached hydrogens (primary N) is 1. The topological polar surface area (TPSA) is 35.2 Å². The molecule has 23 heavy (non-hydrogen) atoms. The molecule has 126 valence electrons. The lowest BCUT2D eigenvalue weighted by atomic mass is 9.99. The largest absolute Gasteiger partial charge is 0.488 e. The van der Waals surface area contributed by atoms with Gasteiger partial charge in [-0.1, -0.05) is 42.5 Å². The minimum absolute atomic E-state index is 0. The van der Waals surface area contributed by atoms with Crippen molar-refractivity contribution in [1.82, 2.24) is 0 Å². The quantitative estimate of drug-likeness (QED) is 0.806. The summed E-state index contributed by atoms with van der Waals surface area (Å²) in [5, 5.41) is 0. The molecule has 0 aliphatic carbocycles. The predicted molar refractivity (Wildman–Crippen MR) is 91.5 cm³/mol. The Morgan fingerprint density at radius 3 is 2.13 bits per heavy atom. The Morgan fingerprint density at radius 2 is 1.61 bits per heavy atom. The standard InChI is InChI=1S/C18H21F2NO.ClH/c1-12-8-15(16(21)10-17(19)20)9-13(2)18(12)22-11-14-6-4-3-5-7-14;/h3-9,16-17H,10-11,21H2,1-2H3;1H/t16-;/m1./s1. The van der Waals surface area contributed by atoms with Crippen molar-refractivity contribution >= 4 is 12.4 Å². The Labute approximate surface area is 142 Å². The Kier molecular flexibility index (Phi) is 7.46. The Morgan fingerprint density at radius 1 is 1.04 bits per heavy atom. The smallest absolute Gasteiger partial charge is 0.240 e. The second-order valence-corrected chi connectivity index (χ2v) is 5.49. The van der Waals surface area contributed by atoms with Crippen molar-refractivity contribution in [3.05, 3.63) is 64.7 Å². The van der Waals surface area contributed by atoms with E-state index in [1.807, 2.05) is 56.3 Å². The molecule has 0 bridgehead atoms. The molecule has 2 nitrogen and oxygen atoms in total. The molecular formula is C18H22ClF2NO. The Balaban J connectivity index is 0.00000264. The van der Waals surface area contributed by atoms with Crippen LogP contribution in [0.5, 0.6) is 5.75 Å². The highest BCUT2D eigenvalue weighted by Gasteiger charge is 2.15. The number of halogens is 3. The molecule has 2 N–H and O–H groups in total. The molecule has 0 saturated carbocycles. The monoisotopic (exact) mass is 341 g/mol. The van der Waals surface area contributed by atoms with Gasteiger partial charge in [0.2, 0.25) is 6.43 Å². The first-order valence-corrected chi connectivity index (χ1v) is 7.29. The maximum absolute atomic E-state index is 12.5. The zero-order chi connectivity index (χ0) is 16.1. The first-order valence-electron chi connectivity index (χ1n) is 7.29. The third-order valence-corrected chi connectivity index (χ3v) is 3.57. The van der Waals surface area contributed by atoms with Gasteiger partial charge in [-0.25, -0.2) is 8.78 Å². The van der Waals surface area contributed by atoms with Crippen LogP contribution in [0.4, 0.5) is 8.78 Å². The molecule has 0 spiro atoms. The van der Waals surface area contributed by atoms with Gasteiger partial charge >= 0.3 is 0 Å². The highest BCUT2D eigenvalue weighted by Crippen LogP contribution is 2.29. The minimum atomic E-state index is -2.40. The van der Waals surface area contributed by atoms with Crippen molar-refractivity contribution in [3.63, 3.8) is 0 Å². The van der Waals surface area contributed by atoms with Gasteiger partial charge in [-0.05, 0) is 36.1 Å². The van der Waals surface area contributed by atoms with Gasteiger partial charge in [0.15, 0.2) is 0 Å². The van der Waals surface area contributed by atoms with Crippen LogP contribution in [0.1, 0.15) is 34.7 Å². The normalized spacial score (nSPS) is 11.9. The minimum Gasteiger partial charge on any atom is -0.488 e. The maximum Gasteiger partial charge on any atom is 0.240 e. The van der Waals surface area contributed by atoms with Crippen molar-refractivity contribution in [1.29, 1.82) is 0 Å². The summed E-state index contributed by atoms with van der Waals surface area (Å²) in [6.45, 7) is 4.29. The molecule has 0 aromatic heterocycles. The zero-order valence-corrected chi connectivity index (χ0v) is 14.1. The summed E-state index contributed by atoms with van der Waals surface area (Å²) in [6, 6.07) is 12.9. The fraction of sp³-hybridized carbons (Fsp3) is 0.333. The van der Waals surface area contributed by atoms with E-state index in [2.05, 4.69) is 0 Å². The maximum atomic E-state index is 12.5. The Hall–Kier alpha value is -1.65. The van der Waals surface area contributed by atoms with Crippen LogP contribution in [-0.4, -0.2) is 6.43 Å². The van der Waals surface area contributed by atoms with Crippen LogP contribution in [0.2, 0.25) is 0 Å². The van der Waals surface area contributed by atoms with Gasteiger partial charge in [-0.15, -0.1) is 12.4 Å². The molecule has 5 heteroatoms. The van der Waals surface area contributed by atoms with E-state index in [4.69, 9.17) is 10.5 Å². The summed E-state index contributed by atoms with van der Waals surface area (Å²) >= 11 is 0. The van der Waals surface area contributed by atoms with Gasteiger partial charge in [-0.3, -0.25) is 0 Å². The van der Waals surface area contributed by atoms with Gasteiger partial charge in [0.25, 0.3) is 0 Å². The number of ether oxygens (including phenoxy) is 1. The second-order valence-electron chi connectivity index (χ2n) is 5.49. The van der Waals surface area contributed by atoms with E-state index in [-0.39, 0.29) is 18.8 Å². The molecule has 0 heterocycles. The molecule has 0 unspecified atom stereocenters. The lowest BCUT2D eigenvalue weighted by Crippen LogP contribution is -2.14. The summed E-state index contributed by atoms with van der Waals surface area (Å²) in [7, 11) is 0. The van der Waals surface area contributed by atoms with Crippen molar-refractivity contribution in [2.45, 2.75) is 39.3 Å². The van der Waals surface area contributed by atoms with Crippen LogP contribution in [0.25, 0.3) is 0 Å².